The first-order valence-electron chi connectivity index (χ1n) is 4.85. The summed E-state index contributed by atoms with van der Waals surface area (Å²) in [6.07, 6.45) is 3.51. The van der Waals surface area contributed by atoms with Crippen LogP contribution in [0.2, 0.25) is 0 Å². The van der Waals surface area contributed by atoms with E-state index in [1.807, 2.05) is 6.07 Å². The summed E-state index contributed by atoms with van der Waals surface area (Å²) in [4.78, 5) is 3.15. The fourth-order valence-corrected chi connectivity index (χ4v) is 2.37. The van der Waals surface area contributed by atoms with Crippen LogP contribution in [-0.4, -0.2) is 13.4 Å². The summed E-state index contributed by atoms with van der Waals surface area (Å²) in [5.74, 6) is 0. The van der Waals surface area contributed by atoms with Crippen molar-refractivity contribution in [3.05, 3.63) is 54.4 Å². The lowest BCUT2D eigenvalue weighted by molar-refractivity contribution is 0.581. The van der Waals surface area contributed by atoms with Gasteiger partial charge >= 0.3 is 0 Å². The van der Waals surface area contributed by atoms with Crippen LogP contribution in [0.5, 0.6) is 0 Å². The van der Waals surface area contributed by atoms with Crippen molar-refractivity contribution in [2.45, 2.75) is 11.4 Å². The van der Waals surface area contributed by atoms with Gasteiger partial charge in [-0.1, -0.05) is 18.2 Å². The molecule has 84 valence electrons. The normalized spacial score (nSPS) is 11.5. The maximum atomic E-state index is 11.8. The van der Waals surface area contributed by atoms with Crippen LogP contribution >= 0.6 is 0 Å². The van der Waals surface area contributed by atoms with Crippen molar-refractivity contribution in [3.8, 4) is 0 Å². The number of nitrogens with one attached hydrogen (secondary N) is 2. The zero-order valence-electron chi connectivity index (χ0n) is 8.55. The van der Waals surface area contributed by atoms with Gasteiger partial charge in [0.1, 0.15) is 0 Å². The van der Waals surface area contributed by atoms with Crippen LogP contribution in [0.3, 0.4) is 0 Å². The largest absolute Gasteiger partial charge is 0.367 e. The number of hydrogen-bond donors (Lipinski definition) is 2. The first kappa shape index (κ1) is 10.9. The topological polar surface area (TPSA) is 62.0 Å². The predicted molar refractivity (Wildman–Crippen MR) is 61.3 cm³/mol. The summed E-state index contributed by atoms with van der Waals surface area (Å²) >= 11 is 0. The van der Waals surface area contributed by atoms with Crippen LogP contribution in [0.15, 0.2) is 53.7 Å². The molecule has 1 heterocycles. The maximum Gasteiger partial charge on any atom is 0.240 e. The van der Waals surface area contributed by atoms with Crippen molar-refractivity contribution in [1.82, 2.24) is 9.71 Å². The van der Waals surface area contributed by atoms with Gasteiger partial charge in [-0.05, 0) is 23.8 Å². The van der Waals surface area contributed by atoms with E-state index in [9.17, 15) is 8.42 Å². The smallest absolute Gasteiger partial charge is 0.240 e. The number of sulfonamides is 1. The summed E-state index contributed by atoms with van der Waals surface area (Å²) in [6.45, 7) is 0.292. The number of H-pyrrole nitrogens is 1. The molecular formula is C11H12N2O2S. The van der Waals surface area contributed by atoms with E-state index in [2.05, 4.69) is 9.71 Å². The highest BCUT2D eigenvalue weighted by Crippen LogP contribution is 2.08. The number of rotatable bonds is 4. The van der Waals surface area contributed by atoms with Gasteiger partial charge in [0.05, 0.1) is 4.90 Å². The first-order valence-corrected chi connectivity index (χ1v) is 6.33. The Morgan fingerprint density at radius 3 is 2.50 bits per heavy atom. The van der Waals surface area contributed by atoms with Gasteiger partial charge in [-0.2, -0.15) is 0 Å². The summed E-state index contributed by atoms with van der Waals surface area (Å²) in [5.41, 5.74) is 0.902. The molecule has 2 N–H and O–H groups in total. The van der Waals surface area contributed by atoms with Crippen LogP contribution in [0.25, 0.3) is 0 Å². The van der Waals surface area contributed by atoms with E-state index < -0.39 is 10.0 Å². The Bertz CT molecular complexity index is 533. The zero-order valence-corrected chi connectivity index (χ0v) is 9.37. The second kappa shape index (κ2) is 4.51. The molecule has 0 fully saturated rings. The van der Waals surface area contributed by atoms with Gasteiger partial charge in [0.2, 0.25) is 10.0 Å². The highest BCUT2D eigenvalue weighted by atomic mass is 32.2. The molecule has 2 aromatic rings. The molecule has 0 aliphatic heterocycles. The molecule has 5 heteroatoms. The standard InChI is InChI=1S/C11H12N2O2S/c14-16(15,11-4-2-1-3-5-11)13-9-10-6-7-12-8-10/h1-8,12-13H,9H2. The van der Waals surface area contributed by atoms with Crippen LogP contribution in [0, 0.1) is 0 Å². The van der Waals surface area contributed by atoms with Crippen LogP contribution in [-0.2, 0) is 16.6 Å². The average Bonchev–Trinajstić information content (AvgIpc) is 2.81. The number of hydrogen-bond acceptors (Lipinski definition) is 2. The van der Waals surface area contributed by atoms with Gasteiger partial charge in [-0.15, -0.1) is 0 Å². The third kappa shape index (κ3) is 2.50. The molecular weight excluding hydrogens is 224 g/mol. The molecule has 0 atom stereocenters. The lowest BCUT2D eigenvalue weighted by Gasteiger charge is -2.04. The van der Waals surface area contributed by atoms with E-state index in [4.69, 9.17) is 0 Å². The molecule has 0 saturated heterocycles. The molecule has 0 aliphatic carbocycles. The molecule has 4 nitrogen and oxygen atoms in total. The van der Waals surface area contributed by atoms with Gasteiger partial charge in [0.15, 0.2) is 0 Å². The fourth-order valence-electron chi connectivity index (χ4n) is 1.33. The van der Waals surface area contributed by atoms with E-state index >= 15 is 0 Å². The third-order valence-electron chi connectivity index (χ3n) is 2.18. The predicted octanol–water partition coefficient (Wildman–Crippen LogP) is 1.49. The Kier molecular flexibility index (Phi) is 3.07. The van der Waals surface area contributed by atoms with Crippen LogP contribution in [0.1, 0.15) is 5.56 Å². The van der Waals surface area contributed by atoms with Crippen molar-refractivity contribution in [1.29, 1.82) is 0 Å². The minimum absolute atomic E-state index is 0.283. The summed E-state index contributed by atoms with van der Waals surface area (Å²) in [5, 5.41) is 0. The summed E-state index contributed by atoms with van der Waals surface area (Å²) in [7, 11) is -3.40. The Balaban J connectivity index is 2.10. The third-order valence-corrected chi connectivity index (χ3v) is 3.60. The zero-order chi connectivity index (χ0) is 11.4. The SMILES string of the molecule is O=S(=O)(NCc1cc[nH]c1)c1ccccc1. The van der Waals surface area contributed by atoms with Gasteiger partial charge in [-0.25, -0.2) is 13.1 Å². The molecule has 2 rings (SSSR count). The second-order valence-corrected chi connectivity index (χ2v) is 5.12. The number of benzene rings is 1. The quantitative estimate of drug-likeness (QED) is 0.845. The van der Waals surface area contributed by atoms with E-state index in [1.54, 1.807) is 42.7 Å². The Morgan fingerprint density at radius 2 is 1.88 bits per heavy atom. The molecule has 0 aliphatic rings. The monoisotopic (exact) mass is 236 g/mol. The number of aromatic nitrogens is 1. The fraction of sp³-hybridized carbons (Fsp3) is 0.0909. The minimum atomic E-state index is -3.40. The van der Waals surface area contributed by atoms with Gasteiger partial charge in [0.25, 0.3) is 0 Å². The highest BCUT2D eigenvalue weighted by Gasteiger charge is 2.12. The minimum Gasteiger partial charge on any atom is -0.367 e. The Morgan fingerprint density at radius 1 is 1.12 bits per heavy atom. The molecule has 0 spiro atoms. The maximum absolute atomic E-state index is 11.8. The van der Waals surface area contributed by atoms with Gasteiger partial charge in [0, 0.05) is 18.9 Å². The molecule has 0 amide bonds. The van der Waals surface area contributed by atoms with Crippen molar-refractivity contribution >= 4 is 10.0 Å². The molecule has 0 saturated carbocycles. The summed E-state index contributed by atoms with van der Waals surface area (Å²) < 4.78 is 26.1. The molecule has 16 heavy (non-hydrogen) atoms. The second-order valence-electron chi connectivity index (χ2n) is 3.36. The van der Waals surface area contributed by atoms with E-state index in [1.165, 1.54) is 0 Å². The Labute approximate surface area is 94.4 Å². The van der Waals surface area contributed by atoms with Crippen LogP contribution in [0.4, 0.5) is 0 Å². The first-order chi connectivity index (χ1) is 7.68. The van der Waals surface area contributed by atoms with E-state index in [0.29, 0.717) is 6.54 Å². The van der Waals surface area contributed by atoms with Crippen molar-refractivity contribution < 1.29 is 8.42 Å². The van der Waals surface area contributed by atoms with Gasteiger partial charge < -0.3 is 4.98 Å². The molecule has 1 aromatic heterocycles. The molecule has 0 radical (unpaired) electrons. The van der Waals surface area contributed by atoms with E-state index in [0.717, 1.165) is 5.56 Å². The lowest BCUT2D eigenvalue weighted by atomic mass is 10.4. The van der Waals surface area contributed by atoms with Crippen molar-refractivity contribution in [2.24, 2.45) is 0 Å². The average molecular weight is 236 g/mol. The molecule has 0 bridgehead atoms. The van der Waals surface area contributed by atoms with E-state index in [-0.39, 0.29) is 4.90 Å². The van der Waals surface area contributed by atoms with Crippen molar-refractivity contribution in [2.75, 3.05) is 0 Å². The van der Waals surface area contributed by atoms with Crippen LogP contribution < -0.4 is 4.72 Å². The lowest BCUT2D eigenvalue weighted by Crippen LogP contribution is -2.22. The molecule has 0 unspecified atom stereocenters. The molecule has 1 aromatic carbocycles. The van der Waals surface area contributed by atoms with Gasteiger partial charge in [-0.3, -0.25) is 0 Å². The number of aromatic amines is 1. The van der Waals surface area contributed by atoms with Crippen molar-refractivity contribution in [3.63, 3.8) is 0 Å². The summed E-state index contributed by atoms with van der Waals surface area (Å²) in [6, 6.07) is 10.1. The highest BCUT2D eigenvalue weighted by molar-refractivity contribution is 7.89. The Hall–Kier alpha value is -1.59.